The molecule has 1 heterocycles. The topological polar surface area (TPSA) is 46.2 Å². The molecule has 0 aromatic heterocycles. The lowest BCUT2D eigenvalue weighted by Gasteiger charge is -2.68. The first-order valence-corrected chi connectivity index (χ1v) is 35.1. The van der Waals surface area contributed by atoms with Crippen LogP contribution in [0.4, 0.5) is 0 Å². The lowest BCUT2D eigenvalue weighted by molar-refractivity contribution is -0.158. The molecular weight excluding hydrogens is 505 g/mol. The third kappa shape index (κ3) is 6.12. The fraction of sp³-hybridized carbons (Fsp3) is 1.00. The van der Waals surface area contributed by atoms with E-state index >= 15 is 0 Å². The minimum atomic E-state index is -3.13. The monoisotopic (exact) mass is 556 g/mol. The summed E-state index contributed by atoms with van der Waals surface area (Å²) in [7, 11) is -15.8. The Morgan fingerprint density at radius 3 is 1.32 bits per heavy atom. The van der Waals surface area contributed by atoms with Crippen LogP contribution in [0.5, 0.6) is 0 Å². The van der Waals surface area contributed by atoms with Crippen molar-refractivity contribution in [3.63, 3.8) is 0 Å². The molecule has 0 bridgehead atoms. The Morgan fingerprint density at radius 1 is 0.677 bits per heavy atom. The van der Waals surface area contributed by atoms with Crippen LogP contribution in [0.15, 0.2) is 0 Å². The molecule has 1 aliphatic rings. The molecule has 0 radical (unpaired) electrons. The van der Waals surface area contributed by atoms with Crippen LogP contribution in [-0.2, 0) is 21.5 Å². The molecule has 0 amide bonds. The fourth-order valence-electron chi connectivity index (χ4n) is 4.72. The Morgan fingerprint density at radius 2 is 1.03 bits per heavy atom. The van der Waals surface area contributed by atoms with Gasteiger partial charge in [0.1, 0.15) is 7.11 Å². The van der Waals surface area contributed by atoms with E-state index in [9.17, 15) is 0 Å². The summed E-state index contributed by atoms with van der Waals surface area (Å²) in [6.07, 6.45) is 0.0187. The van der Waals surface area contributed by atoms with E-state index in [0.29, 0.717) is 0 Å². The second-order valence-corrected chi connectivity index (χ2v) is 61.3. The zero-order chi connectivity index (χ0) is 25.1. The number of rotatable bonds is 8. The van der Waals surface area contributed by atoms with Crippen LogP contribution in [0.2, 0.25) is 91.7 Å². The molecule has 31 heavy (non-hydrogen) atoms. The second-order valence-electron chi connectivity index (χ2n) is 13.6. The highest BCUT2D eigenvalue weighted by molar-refractivity contribution is 7.81. The molecule has 1 fully saturated rings. The van der Waals surface area contributed by atoms with E-state index in [2.05, 4.69) is 112 Å². The Balaban J connectivity index is 4.15. The van der Waals surface area contributed by atoms with Gasteiger partial charge in [-0.3, -0.25) is 0 Å². The molecule has 5 nitrogen and oxygen atoms in total. The fourth-order valence-corrected chi connectivity index (χ4v) is 93.3. The molecule has 1 saturated heterocycles. The van der Waals surface area contributed by atoms with Crippen molar-refractivity contribution in [1.82, 2.24) is 0 Å². The lowest BCUT2D eigenvalue weighted by atomic mass is 10.5. The van der Waals surface area contributed by atoms with Gasteiger partial charge in [-0.05, 0) is 99.3 Å². The Hall–Kier alpha value is 1.32. The van der Waals surface area contributed by atoms with Crippen LogP contribution >= 0.6 is 0 Å². The third-order valence-corrected chi connectivity index (χ3v) is 72.5. The van der Waals surface area contributed by atoms with E-state index in [-0.39, 0.29) is 6.10 Å². The van der Waals surface area contributed by atoms with Crippen LogP contribution in [0.1, 0.15) is 20.8 Å². The SMILES string of the molecule is CC(C)OC1(C)O[Si](C)(C)[Si](C)(C)[Si](C)(O[Si](C)(C)C)[Si]1(O[Si](C)(C)C)O[Si](C)(C)C. The van der Waals surface area contributed by atoms with Gasteiger partial charge in [0.15, 0.2) is 38.2 Å². The van der Waals surface area contributed by atoms with E-state index in [1.807, 2.05) is 0 Å². The summed E-state index contributed by atoms with van der Waals surface area (Å²) < 4.78 is 36.3. The van der Waals surface area contributed by atoms with Crippen molar-refractivity contribution in [3.8, 4) is 0 Å². The van der Waals surface area contributed by atoms with Crippen LogP contribution in [-0.4, -0.2) is 66.8 Å². The molecule has 2 unspecified atom stereocenters. The minimum Gasteiger partial charge on any atom is -0.456 e. The molecule has 0 saturated carbocycles. The van der Waals surface area contributed by atoms with Gasteiger partial charge >= 0.3 is 8.08 Å². The highest BCUT2D eigenvalue weighted by atomic mass is 29.9. The molecule has 1 aliphatic heterocycles. The first kappa shape index (κ1) is 30.3. The quantitative estimate of drug-likeness (QED) is 0.323. The van der Waals surface area contributed by atoms with Gasteiger partial charge in [0.25, 0.3) is 0 Å². The van der Waals surface area contributed by atoms with Crippen LogP contribution in [0.3, 0.4) is 0 Å². The van der Waals surface area contributed by atoms with Gasteiger partial charge in [-0.2, -0.15) is 0 Å². The van der Waals surface area contributed by atoms with Gasteiger partial charge < -0.3 is 21.5 Å². The Kier molecular flexibility index (Phi) is 8.58. The molecule has 2 atom stereocenters. The first-order chi connectivity index (χ1) is 13.2. The normalized spacial score (nSPS) is 31.2. The standard InChI is InChI=1S/C19H52O5Si7/c1-18(2)20-19(3)21-28(13,14)29(15,16)30(17,22-25(4,5)6)31(19,23-26(7,8)9)24-27(10,11)12/h18H,1-17H3. The van der Waals surface area contributed by atoms with Crippen LogP contribution in [0, 0.1) is 0 Å². The molecule has 0 aromatic rings. The Bertz CT molecular complexity index is 636. The van der Waals surface area contributed by atoms with Crippen molar-refractivity contribution in [1.29, 1.82) is 0 Å². The highest BCUT2D eigenvalue weighted by Crippen LogP contribution is 2.52. The molecule has 0 aliphatic carbocycles. The summed E-state index contributed by atoms with van der Waals surface area (Å²) in [6.45, 7) is 39.3. The zero-order valence-corrected chi connectivity index (χ0v) is 30.6. The van der Waals surface area contributed by atoms with Crippen molar-refractivity contribution in [2.24, 2.45) is 0 Å². The summed E-state index contributed by atoms with van der Waals surface area (Å²) in [5.41, 5.74) is -0.861. The summed E-state index contributed by atoms with van der Waals surface area (Å²) in [5, 5.41) is 0. The van der Waals surface area contributed by atoms with Crippen molar-refractivity contribution in [2.75, 3.05) is 0 Å². The number of hydrogen-bond donors (Lipinski definition) is 0. The van der Waals surface area contributed by atoms with Crippen molar-refractivity contribution in [2.45, 2.75) is 124 Å². The van der Waals surface area contributed by atoms with Gasteiger partial charge in [-0.15, -0.1) is 0 Å². The van der Waals surface area contributed by atoms with Gasteiger partial charge in [-0.25, -0.2) is 0 Å². The van der Waals surface area contributed by atoms with Crippen LogP contribution < -0.4 is 0 Å². The summed E-state index contributed by atoms with van der Waals surface area (Å²) >= 11 is 0. The minimum absolute atomic E-state index is 0.0187. The van der Waals surface area contributed by atoms with Gasteiger partial charge in [0, 0.05) is 0 Å². The summed E-state index contributed by atoms with van der Waals surface area (Å²) in [5.74, 6) is 0. The summed E-state index contributed by atoms with van der Waals surface area (Å²) in [6, 6.07) is 0. The average Bonchev–Trinajstić information content (AvgIpc) is 2.37. The van der Waals surface area contributed by atoms with Crippen molar-refractivity contribution >= 4 is 55.3 Å². The van der Waals surface area contributed by atoms with E-state index in [4.69, 9.17) is 21.5 Å². The number of ether oxygens (including phenoxy) is 1. The molecule has 186 valence electrons. The number of hydrogen-bond acceptors (Lipinski definition) is 5. The second kappa shape index (κ2) is 8.76. The lowest BCUT2D eigenvalue weighted by Crippen LogP contribution is -2.98. The predicted octanol–water partition coefficient (Wildman–Crippen LogP) is 6.42. The van der Waals surface area contributed by atoms with Crippen LogP contribution in [0.25, 0.3) is 0 Å². The van der Waals surface area contributed by atoms with Crippen molar-refractivity contribution in [3.05, 3.63) is 0 Å². The van der Waals surface area contributed by atoms with E-state index in [0.717, 1.165) is 0 Å². The highest BCUT2D eigenvalue weighted by Gasteiger charge is 2.84. The maximum absolute atomic E-state index is 7.47. The molecule has 12 heteroatoms. The van der Waals surface area contributed by atoms with Crippen molar-refractivity contribution < 1.29 is 21.5 Å². The van der Waals surface area contributed by atoms with E-state index < -0.39 is 60.7 Å². The maximum atomic E-state index is 7.47. The van der Waals surface area contributed by atoms with E-state index in [1.54, 1.807) is 0 Å². The largest absolute Gasteiger partial charge is 0.456 e. The smallest absolute Gasteiger partial charge is 0.383 e. The molecule has 1 rings (SSSR count). The van der Waals surface area contributed by atoms with Gasteiger partial charge in [0.2, 0.25) is 7.35 Å². The molecule has 0 aromatic carbocycles. The molecular formula is C19H52O5Si7. The molecule has 0 spiro atoms. The van der Waals surface area contributed by atoms with Gasteiger partial charge in [0.05, 0.1) is 6.10 Å². The summed E-state index contributed by atoms with van der Waals surface area (Å²) in [4.78, 5) is 0. The van der Waals surface area contributed by atoms with Gasteiger partial charge in [-0.1, -0.05) is 13.1 Å². The van der Waals surface area contributed by atoms with E-state index in [1.165, 1.54) is 0 Å². The first-order valence-electron chi connectivity index (χ1n) is 11.7. The molecule has 0 N–H and O–H groups in total. The third-order valence-electron chi connectivity index (χ3n) is 6.24. The maximum Gasteiger partial charge on any atom is 0.383 e. The zero-order valence-electron chi connectivity index (χ0n) is 23.6. The average molecular weight is 557 g/mol. The Labute approximate surface area is 200 Å². The predicted molar refractivity (Wildman–Crippen MR) is 151 cm³/mol.